The molecule has 0 aliphatic rings. The number of aromatic nitrogens is 4. The maximum atomic E-state index is 4.58. The summed E-state index contributed by atoms with van der Waals surface area (Å²) in [5, 5.41) is 0. The number of fused-ring (bicyclic) bond motifs is 1. The Hall–Kier alpha value is -2.23. The molecule has 0 saturated heterocycles. The van der Waals surface area contributed by atoms with Gasteiger partial charge in [0.05, 0.1) is 6.33 Å². The molecule has 0 unspecified atom stereocenters. The van der Waals surface area contributed by atoms with Gasteiger partial charge in [0.15, 0.2) is 5.65 Å². The maximum absolute atomic E-state index is 4.58. The normalized spacial score (nSPS) is 11.1. The molecule has 0 saturated carbocycles. The molecular weight excluding hydrogens is 248 g/mol. The van der Waals surface area contributed by atoms with E-state index in [1.165, 1.54) is 19.3 Å². The number of aryl methyl sites for hydroxylation is 1. The lowest BCUT2D eigenvalue weighted by Gasteiger charge is -2.04. The van der Waals surface area contributed by atoms with Crippen LogP contribution in [-0.4, -0.2) is 19.5 Å². The first-order valence-electron chi connectivity index (χ1n) is 7.10. The zero-order valence-corrected chi connectivity index (χ0v) is 11.7. The van der Waals surface area contributed by atoms with E-state index < -0.39 is 0 Å². The zero-order chi connectivity index (χ0) is 13.8. The third-order valence-electron chi connectivity index (χ3n) is 3.47. The van der Waals surface area contributed by atoms with Crippen LogP contribution >= 0.6 is 0 Å². The Labute approximate surface area is 118 Å². The molecule has 0 bridgehead atoms. The van der Waals surface area contributed by atoms with E-state index in [1.807, 2.05) is 24.7 Å². The average molecular weight is 266 g/mol. The van der Waals surface area contributed by atoms with Crippen molar-refractivity contribution in [3.05, 3.63) is 43.1 Å². The number of pyridine rings is 2. The van der Waals surface area contributed by atoms with Crippen LogP contribution in [0.5, 0.6) is 0 Å². The number of nitrogens with zero attached hydrogens (tertiary/aromatic N) is 4. The minimum atomic E-state index is 0.954. The van der Waals surface area contributed by atoms with E-state index in [0.29, 0.717) is 0 Å². The standard InChI is InChI=1S/C16H18N4/c1-2-3-4-9-20-12-19-15-10-14(11-18-16(15)20)13-5-7-17-8-6-13/h5-8,10-12H,2-4,9H2,1H3. The lowest BCUT2D eigenvalue weighted by atomic mass is 10.1. The molecule has 0 amide bonds. The van der Waals surface area contributed by atoms with E-state index in [0.717, 1.165) is 28.8 Å². The molecule has 0 aliphatic heterocycles. The number of rotatable bonds is 5. The highest BCUT2D eigenvalue weighted by Gasteiger charge is 2.06. The third kappa shape index (κ3) is 2.54. The quantitative estimate of drug-likeness (QED) is 0.662. The second-order valence-electron chi connectivity index (χ2n) is 4.95. The lowest BCUT2D eigenvalue weighted by Crippen LogP contribution is -1.97. The van der Waals surface area contributed by atoms with Crippen LogP contribution in [0.4, 0.5) is 0 Å². The highest BCUT2D eigenvalue weighted by Crippen LogP contribution is 2.21. The van der Waals surface area contributed by atoms with E-state index in [2.05, 4.69) is 32.5 Å². The van der Waals surface area contributed by atoms with Gasteiger partial charge in [0.1, 0.15) is 5.52 Å². The van der Waals surface area contributed by atoms with Gasteiger partial charge in [-0.25, -0.2) is 9.97 Å². The Bertz CT molecular complexity index is 688. The van der Waals surface area contributed by atoms with Gasteiger partial charge >= 0.3 is 0 Å². The third-order valence-corrected chi connectivity index (χ3v) is 3.47. The van der Waals surface area contributed by atoms with Gasteiger partial charge in [-0.2, -0.15) is 0 Å². The number of unbranched alkanes of at least 4 members (excludes halogenated alkanes) is 2. The van der Waals surface area contributed by atoms with Gasteiger partial charge in [0, 0.05) is 30.7 Å². The summed E-state index contributed by atoms with van der Waals surface area (Å²) in [4.78, 5) is 13.1. The molecule has 0 N–H and O–H groups in total. The van der Waals surface area contributed by atoms with Crippen molar-refractivity contribution < 1.29 is 0 Å². The molecule has 3 aromatic heterocycles. The first-order chi connectivity index (χ1) is 9.88. The minimum Gasteiger partial charge on any atom is -0.315 e. The summed E-state index contributed by atoms with van der Waals surface area (Å²) in [5.74, 6) is 0. The number of imidazole rings is 1. The Kier molecular flexibility index (Phi) is 3.72. The summed E-state index contributed by atoms with van der Waals surface area (Å²) in [7, 11) is 0. The molecule has 3 rings (SSSR count). The Morgan fingerprint density at radius 1 is 1.05 bits per heavy atom. The Morgan fingerprint density at radius 3 is 2.70 bits per heavy atom. The van der Waals surface area contributed by atoms with Crippen molar-refractivity contribution >= 4 is 11.2 Å². The molecule has 4 nitrogen and oxygen atoms in total. The van der Waals surface area contributed by atoms with Crippen LogP contribution < -0.4 is 0 Å². The van der Waals surface area contributed by atoms with Crippen molar-refractivity contribution in [1.82, 2.24) is 19.5 Å². The van der Waals surface area contributed by atoms with Crippen LogP contribution in [0.2, 0.25) is 0 Å². The molecular formula is C16H18N4. The molecule has 20 heavy (non-hydrogen) atoms. The van der Waals surface area contributed by atoms with Crippen molar-refractivity contribution in [1.29, 1.82) is 0 Å². The summed E-state index contributed by atoms with van der Waals surface area (Å²) in [5.41, 5.74) is 4.13. The fourth-order valence-electron chi connectivity index (χ4n) is 2.35. The minimum absolute atomic E-state index is 0.954. The highest BCUT2D eigenvalue weighted by molar-refractivity contribution is 5.77. The van der Waals surface area contributed by atoms with Crippen LogP contribution in [0.1, 0.15) is 26.2 Å². The van der Waals surface area contributed by atoms with Crippen molar-refractivity contribution in [3.63, 3.8) is 0 Å². The summed E-state index contributed by atoms with van der Waals surface area (Å²) in [6.45, 7) is 3.21. The average Bonchev–Trinajstić information content (AvgIpc) is 2.91. The summed E-state index contributed by atoms with van der Waals surface area (Å²) in [6, 6.07) is 6.07. The van der Waals surface area contributed by atoms with Crippen LogP contribution in [0, 0.1) is 0 Å². The van der Waals surface area contributed by atoms with Gasteiger partial charge in [-0.3, -0.25) is 4.98 Å². The molecule has 0 aromatic carbocycles. The van der Waals surface area contributed by atoms with E-state index in [4.69, 9.17) is 0 Å². The molecule has 3 heterocycles. The van der Waals surface area contributed by atoms with Crippen molar-refractivity contribution in [2.24, 2.45) is 0 Å². The SMILES string of the molecule is CCCCCn1cnc2cc(-c3ccncc3)cnc21. The molecule has 0 spiro atoms. The molecule has 0 radical (unpaired) electrons. The predicted molar refractivity (Wildman–Crippen MR) is 80.3 cm³/mol. The molecule has 0 aliphatic carbocycles. The summed E-state index contributed by atoms with van der Waals surface area (Å²) < 4.78 is 2.14. The zero-order valence-electron chi connectivity index (χ0n) is 11.7. The lowest BCUT2D eigenvalue weighted by molar-refractivity contribution is 0.610. The molecule has 0 fully saturated rings. The van der Waals surface area contributed by atoms with E-state index in [9.17, 15) is 0 Å². The number of hydrogen-bond acceptors (Lipinski definition) is 3. The van der Waals surface area contributed by atoms with Crippen molar-refractivity contribution in [2.75, 3.05) is 0 Å². The smallest absolute Gasteiger partial charge is 0.159 e. The van der Waals surface area contributed by atoms with Crippen LogP contribution in [0.15, 0.2) is 43.1 Å². The molecule has 0 atom stereocenters. The van der Waals surface area contributed by atoms with E-state index in [-0.39, 0.29) is 0 Å². The fraction of sp³-hybridized carbons (Fsp3) is 0.312. The topological polar surface area (TPSA) is 43.6 Å². The first-order valence-corrected chi connectivity index (χ1v) is 7.10. The second-order valence-corrected chi connectivity index (χ2v) is 4.95. The van der Waals surface area contributed by atoms with Crippen LogP contribution in [0.3, 0.4) is 0 Å². The molecule has 3 aromatic rings. The maximum Gasteiger partial charge on any atom is 0.159 e. The van der Waals surface area contributed by atoms with Gasteiger partial charge in [0.2, 0.25) is 0 Å². The fourth-order valence-corrected chi connectivity index (χ4v) is 2.35. The van der Waals surface area contributed by atoms with Gasteiger partial charge in [-0.1, -0.05) is 19.8 Å². The monoisotopic (exact) mass is 266 g/mol. The van der Waals surface area contributed by atoms with Crippen molar-refractivity contribution in [3.8, 4) is 11.1 Å². The van der Waals surface area contributed by atoms with E-state index in [1.54, 1.807) is 12.4 Å². The summed E-state index contributed by atoms with van der Waals surface area (Å²) >= 11 is 0. The number of hydrogen-bond donors (Lipinski definition) is 0. The van der Waals surface area contributed by atoms with E-state index >= 15 is 0 Å². The van der Waals surface area contributed by atoms with Gasteiger partial charge in [-0.15, -0.1) is 0 Å². The molecule has 102 valence electrons. The second kappa shape index (κ2) is 5.82. The van der Waals surface area contributed by atoms with Crippen LogP contribution in [-0.2, 0) is 6.54 Å². The summed E-state index contributed by atoms with van der Waals surface area (Å²) in [6.07, 6.45) is 11.0. The highest BCUT2D eigenvalue weighted by atomic mass is 15.1. The van der Waals surface area contributed by atoms with Gasteiger partial charge in [0.25, 0.3) is 0 Å². The van der Waals surface area contributed by atoms with Gasteiger partial charge < -0.3 is 4.57 Å². The Balaban J connectivity index is 1.90. The first kappa shape index (κ1) is 12.8. The van der Waals surface area contributed by atoms with Gasteiger partial charge in [-0.05, 0) is 30.2 Å². The largest absolute Gasteiger partial charge is 0.315 e. The predicted octanol–water partition coefficient (Wildman–Crippen LogP) is 3.68. The molecule has 4 heteroatoms. The van der Waals surface area contributed by atoms with Crippen molar-refractivity contribution in [2.45, 2.75) is 32.7 Å². The van der Waals surface area contributed by atoms with Crippen LogP contribution in [0.25, 0.3) is 22.3 Å². The Morgan fingerprint density at radius 2 is 1.90 bits per heavy atom.